The molecule has 112 valence electrons. The maximum absolute atomic E-state index is 12.7. The maximum atomic E-state index is 12.7. The van der Waals surface area contributed by atoms with E-state index in [1.54, 1.807) is 12.1 Å². The Hall–Kier alpha value is -1.58. The Balaban J connectivity index is 1.91. The minimum atomic E-state index is -3.68. The number of carbonyl (C=O) groups excluding carboxylic acids is 1. The van der Waals surface area contributed by atoms with Crippen LogP contribution in [0.1, 0.15) is 12.8 Å². The smallest absolute Gasteiger partial charge is 0.245 e. The van der Waals surface area contributed by atoms with Crippen molar-refractivity contribution in [2.24, 2.45) is 5.92 Å². The van der Waals surface area contributed by atoms with Gasteiger partial charge in [0.25, 0.3) is 0 Å². The molecule has 1 aliphatic heterocycles. The monoisotopic (exact) mass is 326 g/mol. The SMILES string of the molecule is O=C([O-])C1CCN(S(=O)(=O)c2cccc3nsnc23)CC1. The van der Waals surface area contributed by atoms with E-state index in [9.17, 15) is 18.3 Å². The highest BCUT2D eigenvalue weighted by Gasteiger charge is 2.31. The zero-order chi connectivity index (χ0) is 15.0. The fourth-order valence-electron chi connectivity index (χ4n) is 2.46. The van der Waals surface area contributed by atoms with E-state index in [-0.39, 0.29) is 30.8 Å². The number of hydrogen-bond donors (Lipinski definition) is 0. The van der Waals surface area contributed by atoms with Crippen LogP contribution < -0.4 is 5.11 Å². The molecule has 1 fully saturated rings. The molecule has 7 nitrogen and oxygen atoms in total. The van der Waals surface area contributed by atoms with Gasteiger partial charge in [-0.3, -0.25) is 0 Å². The third kappa shape index (κ3) is 2.52. The predicted molar refractivity (Wildman–Crippen MR) is 73.9 cm³/mol. The molecule has 21 heavy (non-hydrogen) atoms. The number of carbonyl (C=O) groups is 1. The Labute approximate surface area is 125 Å². The summed E-state index contributed by atoms with van der Waals surface area (Å²) in [4.78, 5) is 11.0. The summed E-state index contributed by atoms with van der Waals surface area (Å²) in [5.41, 5.74) is 0.912. The molecule has 0 unspecified atom stereocenters. The van der Waals surface area contributed by atoms with Crippen molar-refractivity contribution in [3.05, 3.63) is 18.2 Å². The van der Waals surface area contributed by atoms with Gasteiger partial charge < -0.3 is 9.90 Å². The Morgan fingerprint density at radius 2 is 2.00 bits per heavy atom. The molecular weight excluding hydrogens is 314 g/mol. The van der Waals surface area contributed by atoms with Gasteiger partial charge in [0.1, 0.15) is 15.9 Å². The van der Waals surface area contributed by atoms with Gasteiger partial charge in [0, 0.05) is 25.0 Å². The van der Waals surface area contributed by atoms with Crippen molar-refractivity contribution in [2.45, 2.75) is 17.7 Å². The Bertz CT molecular complexity index is 779. The van der Waals surface area contributed by atoms with Crippen molar-refractivity contribution in [1.29, 1.82) is 0 Å². The summed E-state index contributed by atoms with van der Waals surface area (Å²) >= 11 is 0.965. The molecule has 1 aromatic carbocycles. The third-order valence-electron chi connectivity index (χ3n) is 3.65. The molecule has 1 aliphatic rings. The number of hydrogen-bond acceptors (Lipinski definition) is 7. The van der Waals surface area contributed by atoms with Gasteiger partial charge in [-0.1, -0.05) is 6.07 Å². The molecule has 0 bridgehead atoms. The van der Waals surface area contributed by atoms with Crippen molar-refractivity contribution < 1.29 is 18.3 Å². The number of fused-ring (bicyclic) bond motifs is 1. The average molecular weight is 326 g/mol. The quantitative estimate of drug-likeness (QED) is 0.776. The van der Waals surface area contributed by atoms with E-state index in [0.717, 1.165) is 11.7 Å². The number of carboxylic acids is 1. The Morgan fingerprint density at radius 1 is 1.29 bits per heavy atom. The van der Waals surface area contributed by atoms with Crippen LogP contribution in [0.5, 0.6) is 0 Å². The van der Waals surface area contributed by atoms with E-state index in [4.69, 9.17) is 0 Å². The van der Waals surface area contributed by atoms with Gasteiger partial charge in [0.15, 0.2) is 0 Å². The van der Waals surface area contributed by atoms with Crippen LogP contribution in [0.2, 0.25) is 0 Å². The molecule has 0 atom stereocenters. The first-order chi connectivity index (χ1) is 10.00. The van der Waals surface area contributed by atoms with E-state index in [1.807, 2.05) is 0 Å². The van der Waals surface area contributed by atoms with Crippen molar-refractivity contribution >= 4 is 38.8 Å². The van der Waals surface area contributed by atoms with E-state index in [0.29, 0.717) is 11.0 Å². The van der Waals surface area contributed by atoms with Crippen molar-refractivity contribution in [3.63, 3.8) is 0 Å². The molecule has 0 spiro atoms. The number of piperidine rings is 1. The number of aromatic nitrogens is 2. The van der Waals surface area contributed by atoms with Crippen LogP contribution in [0.4, 0.5) is 0 Å². The molecule has 0 amide bonds. The van der Waals surface area contributed by atoms with Crippen LogP contribution in [0.3, 0.4) is 0 Å². The summed E-state index contributed by atoms with van der Waals surface area (Å²) in [6.07, 6.45) is 0.541. The number of benzene rings is 1. The third-order valence-corrected chi connectivity index (χ3v) is 6.13. The first-order valence-electron chi connectivity index (χ1n) is 6.42. The lowest BCUT2D eigenvalue weighted by atomic mass is 9.99. The van der Waals surface area contributed by atoms with Crippen molar-refractivity contribution in [1.82, 2.24) is 13.1 Å². The summed E-state index contributed by atoms with van der Waals surface area (Å²) in [5, 5.41) is 10.8. The Morgan fingerprint density at radius 3 is 2.67 bits per heavy atom. The highest BCUT2D eigenvalue weighted by Crippen LogP contribution is 2.27. The molecule has 0 radical (unpaired) electrons. The fourth-order valence-corrected chi connectivity index (χ4v) is 4.68. The van der Waals surface area contributed by atoms with Gasteiger partial charge in [0.2, 0.25) is 10.0 Å². The molecular formula is C12H12N3O4S2-. The number of sulfonamides is 1. The second kappa shape index (κ2) is 5.32. The van der Waals surface area contributed by atoms with E-state index in [2.05, 4.69) is 8.75 Å². The van der Waals surface area contributed by atoms with Crippen molar-refractivity contribution in [3.8, 4) is 0 Å². The largest absolute Gasteiger partial charge is 0.550 e. The van der Waals surface area contributed by atoms with Gasteiger partial charge in [-0.15, -0.1) is 0 Å². The van der Waals surface area contributed by atoms with Crippen LogP contribution in [0.15, 0.2) is 23.1 Å². The number of rotatable bonds is 3. The fraction of sp³-hybridized carbons (Fsp3) is 0.417. The number of carboxylic acid groups (broad SMARTS) is 1. The summed E-state index contributed by atoms with van der Waals surface area (Å²) in [6, 6.07) is 4.84. The lowest BCUT2D eigenvalue weighted by molar-refractivity contribution is -0.312. The van der Waals surface area contributed by atoms with Gasteiger partial charge >= 0.3 is 0 Å². The van der Waals surface area contributed by atoms with Crippen LogP contribution in [0, 0.1) is 5.92 Å². The molecule has 2 aromatic rings. The number of aliphatic carboxylic acids is 1. The molecule has 0 saturated carbocycles. The van der Waals surface area contributed by atoms with Gasteiger partial charge in [0.05, 0.1) is 11.7 Å². The van der Waals surface area contributed by atoms with Crippen LogP contribution in [-0.2, 0) is 14.8 Å². The highest BCUT2D eigenvalue weighted by molar-refractivity contribution is 7.89. The zero-order valence-electron chi connectivity index (χ0n) is 10.9. The number of nitrogens with zero attached hydrogens (tertiary/aromatic N) is 3. The van der Waals surface area contributed by atoms with E-state index >= 15 is 0 Å². The lowest BCUT2D eigenvalue weighted by Crippen LogP contribution is -2.43. The van der Waals surface area contributed by atoms with Crippen LogP contribution in [-0.4, -0.2) is 40.5 Å². The standard InChI is InChI=1S/C12H13N3O4S2/c16-12(17)8-4-6-15(7-5-8)21(18,19)10-3-1-2-9-11(10)14-20-13-9/h1-3,8H,4-7H2,(H,16,17)/p-1. The first-order valence-corrected chi connectivity index (χ1v) is 8.59. The van der Waals surface area contributed by atoms with Gasteiger partial charge in [-0.2, -0.15) is 13.1 Å². The summed E-state index contributed by atoms with van der Waals surface area (Å²) < 4.78 is 34.7. The Kier molecular flexibility index (Phi) is 3.64. The zero-order valence-corrected chi connectivity index (χ0v) is 12.6. The first kappa shape index (κ1) is 14.4. The van der Waals surface area contributed by atoms with Gasteiger partial charge in [-0.05, 0) is 25.0 Å². The second-order valence-electron chi connectivity index (χ2n) is 4.89. The lowest BCUT2D eigenvalue weighted by Gasteiger charge is -2.31. The van der Waals surface area contributed by atoms with Gasteiger partial charge in [-0.25, -0.2) is 8.42 Å². The minimum absolute atomic E-state index is 0.126. The van der Waals surface area contributed by atoms with Crippen molar-refractivity contribution in [2.75, 3.05) is 13.1 Å². The predicted octanol–water partition coefficient (Wildman–Crippen LogP) is -0.158. The molecule has 2 heterocycles. The van der Waals surface area contributed by atoms with Crippen LogP contribution >= 0.6 is 11.7 Å². The molecule has 3 rings (SSSR count). The normalized spacial score (nSPS) is 18.1. The average Bonchev–Trinajstić information content (AvgIpc) is 2.95. The minimum Gasteiger partial charge on any atom is -0.550 e. The topological polar surface area (TPSA) is 103 Å². The molecule has 0 N–H and O–H groups in total. The molecule has 1 aromatic heterocycles. The highest BCUT2D eigenvalue weighted by atomic mass is 32.2. The van der Waals surface area contributed by atoms with E-state index < -0.39 is 21.9 Å². The summed E-state index contributed by atoms with van der Waals surface area (Å²) in [6.45, 7) is 0.351. The molecule has 9 heteroatoms. The van der Waals surface area contributed by atoms with Crippen LogP contribution in [0.25, 0.3) is 11.0 Å². The summed E-state index contributed by atoms with van der Waals surface area (Å²) in [5.74, 6) is -1.69. The molecule has 0 aliphatic carbocycles. The second-order valence-corrected chi connectivity index (χ2v) is 7.32. The molecule has 1 saturated heterocycles. The summed E-state index contributed by atoms with van der Waals surface area (Å²) in [7, 11) is -3.68. The van der Waals surface area contributed by atoms with E-state index in [1.165, 1.54) is 10.4 Å². The maximum Gasteiger partial charge on any atom is 0.245 e.